The maximum Gasteiger partial charge on any atom is 0.418 e. The van der Waals surface area contributed by atoms with Gasteiger partial charge in [0, 0.05) is 11.4 Å². The van der Waals surface area contributed by atoms with Crippen LogP contribution in [0.3, 0.4) is 0 Å². The molecule has 3 aromatic carbocycles. The van der Waals surface area contributed by atoms with E-state index in [1.165, 1.54) is 0 Å². The molecule has 0 spiro atoms. The van der Waals surface area contributed by atoms with E-state index in [2.05, 4.69) is 4.74 Å². The number of anilines is 2. The van der Waals surface area contributed by atoms with E-state index in [1.54, 1.807) is 0 Å². The van der Waals surface area contributed by atoms with Crippen LogP contribution in [0, 0.1) is 0 Å². The van der Waals surface area contributed by atoms with Gasteiger partial charge in [-0.2, -0.15) is 39.5 Å². The number of esters is 2. The van der Waals surface area contributed by atoms with Gasteiger partial charge in [-0.1, -0.05) is 0 Å². The first-order valence-corrected chi connectivity index (χ1v) is 9.97. The van der Waals surface area contributed by atoms with E-state index in [0.29, 0.717) is 24.3 Å². The van der Waals surface area contributed by atoms with E-state index in [9.17, 15) is 49.1 Å². The van der Waals surface area contributed by atoms with Crippen LogP contribution in [0.4, 0.5) is 50.9 Å². The molecule has 0 atom stereocenters. The summed E-state index contributed by atoms with van der Waals surface area (Å²) < 4.78 is 128. The highest BCUT2D eigenvalue weighted by atomic mass is 19.4. The third-order valence-electron chi connectivity index (χ3n) is 4.86. The molecule has 0 radical (unpaired) electrons. The van der Waals surface area contributed by atoms with Crippen molar-refractivity contribution >= 4 is 23.3 Å². The van der Waals surface area contributed by atoms with Gasteiger partial charge >= 0.3 is 30.5 Å². The predicted molar refractivity (Wildman–Crippen MR) is 113 cm³/mol. The summed E-state index contributed by atoms with van der Waals surface area (Å²) in [6, 6.07) is 5.24. The molecule has 4 N–H and O–H groups in total. The molecule has 38 heavy (non-hydrogen) atoms. The zero-order valence-corrected chi connectivity index (χ0v) is 18.4. The van der Waals surface area contributed by atoms with Crippen molar-refractivity contribution in [2.24, 2.45) is 0 Å². The molecule has 0 unspecified atom stereocenters. The molecule has 0 saturated heterocycles. The molecule has 0 aliphatic rings. The van der Waals surface area contributed by atoms with Crippen LogP contribution in [-0.4, -0.2) is 11.9 Å². The van der Waals surface area contributed by atoms with Crippen LogP contribution in [0.15, 0.2) is 54.6 Å². The fourth-order valence-corrected chi connectivity index (χ4v) is 3.10. The summed E-state index contributed by atoms with van der Waals surface area (Å²) in [6.45, 7) is 0. The van der Waals surface area contributed by atoms with E-state index >= 15 is 0 Å². The largest absolute Gasteiger partial charge is 0.423 e. The summed E-state index contributed by atoms with van der Waals surface area (Å²) in [4.78, 5) is 24.6. The van der Waals surface area contributed by atoms with Crippen molar-refractivity contribution in [2.45, 2.75) is 18.5 Å². The van der Waals surface area contributed by atoms with Gasteiger partial charge in [-0.3, -0.25) is 0 Å². The Labute approximate surface area is 206 Å². The van der Waals surface area contributed by atoms with E-state index in [4.69, 9.17) is 16.2 Å². The molecule has 15 heteroatoms. The van der Waals surface area contributed by atoms with Crippen LogP contribution in [0.2, 0.25) is 0 Å². The van der Waals surface area contributed by atoms with Crippen molar-refractivity contribution in [3.8, 4) is 11.5 Å². The first-order valence-electron chi connectivity index (χ1n) is 9.97. The lowest BCUT2D eigenvalue weighted by molar-refractivity contribution is -0.138. The number of hydrogen-bond acceptors (Lipinski definition) is 6. The molecule has 0 fully saturated rings. The van der Waals surface area contributed by atoms with Gasteiger partial charge in [0.15, 0.2) is 0 Å². The molecular formula is C23H13F9N2O4. The Hall–Kier alpha value is -4.43. The summed E-state index contributed by atoms with van der Waals surface area (Å²) in [5.41, 5.74) is 2.71. The molecular weight excluding hydrogens is 539 g/mol. The summed E-state index contributed by atoms with van der Waals surface area (Å²) >= 11 is 0. The van der Waals surface area contributed by atoms with Crippen molar-refractivity contribution in [3.05, 3.63) is 82.4 Å². The minimum Gasteiger partial charge on any atom is -0.423 e. The van der Waals surface area contributed by atoms with Crippen LogP contribution in [0.1, 0.15) is 37.4 Å². The maximum absolute atomic E-state index is 13.6. The van der Waals surface area contributed by atoms with Gasteiger partial charge in [-0.15, -0.1) is 0 Å². The van der Waals surface area contributed by atoms with Gasteiger partial charge in [0.05, 0.1) is 27.8 Å². The van der Waals surface area contributed by atoms with Gasteiger partial charge in [-0.25, -0.2) is 9.59 Å². The molecule has 0 heterocycles. The van der Waals surface area contributed by atoms with Gasteiger partial charge in [0.25, 0.3) is 0 Å². The number of benzene rings is 3. The molecule has 0 saturated carbocycles. The highest BCUT2D eigenvalue weighted by Gasteiger charge is 2.38. The number of nitrogens with two attached hydrogens (primary N) is 2. The standard InChI is InChI=1S/C23H13F9N2O4/c24-21(25,26)14-8-11(37-19(35)10-1-5-17(33)15(7-10)22(27,28)29)2-4-13(14)20(36)38-12-3-6-18(34)16(9-12)23(30,31)32/h1-9H,33-34H2. The Balaban J connectivity index is 1.91. The lowest BCUT2D eigenvalue weighted by atomic mass is 10.1. The minimum absolute atomic E-state index is 0.195. The van der Waals surface area contributed by atoms with Gasteiger partial charge in [0.1, 0.15) is 11.5 Å². The Morgan fingerprint density at radius 1 is 0.553 bits per heavy atom. The Kier molecular flexibility index (Phi) is 7.25. The molecule has 6 nitrogen and oxygen atoms in total. The quantitative estimate of drug-likeness (QED) is 0.169. The molecule has 202 valence electrons. The summed E-state index contributed by atoms with van der Waals surface area (Å²) in [5.74, 6) is -4.75. The van der Waals surface area contributed by atoms with Crippen molar-refractivity contribution in [1.29, 1.82) is 0 Å². The second-order valence-corrected chi connectivity index (χ2v) is 7.53. The van der Waals surface area contributed by atoms with Gasteiger partial charge in [0.2, 0.25) is 0 Å². The molecule has 0 aliphatic heterocycles. The Bertz CT molecular complexity index is 1400. The monoisotopic (exact) mass is 552 g/mol. The van der Waals surface area contributed by atoms with Crippen molar-refractivity contribution in [1.82, 2.24) is 0 Å². The van der Waals surface area contributed by atoms with Crippen LogP contribution >= 0.6 is 0 Å². The first-order chi connectivity index (χ1) is 17.4. The molecule has 3 rings (SSSR count). The fraction of sp³-hybridized carbons (Fsp3) is 0.130. The average molecular weight is 552 g/mol. The zero-order valence-electron chi connectivity index (χ0n) is 18.4. The molecule has 0 aromatic heterocycles. The predicted octanol–water partition coefficient (Wildman–Crippen LogP) is 6.35. The van der Waals surface area contributed by atoms with Crippen molar-refractivity contribution in [3.63, 3.8) is 0 Å². The zero-order chi connectivity index (χ0) is 28.6. The Morgan fingerprint density at radius 3 is 1.50 bits per heavy atom. The smallest absolute Gasteiger partial charge is 0.418 e. The third-order valence-corrected chi connectivity index (χ3v) is 4.86. The maximum atomic E-state index is 13.6. The van der Waals surface area contributed by atoms with E-state index in [-0.39, 0.29) is 6.07 Å². The molecule has 3 aromatic rings. The second kappa shape index (κ2) is 9.79. The van der Waals surface area contributed by atoms with E-state index < -0.39 is 81.2 Å². The van der Waals surface area contributed by atoms with Crippen LogP contribution in [0.5, 0.6) is 11.5 Å². The third kappa shape index (κ3) is 6.27. The lowest BCUT2D eigenvalue weighted by Gasteiger charge is -2.15. The minimum atomic E-state index is -5.25. The van der Waals surface area contributed by atoms with Crippen LogP contribution in [0.25, 0.3) is 0 Å². The molecule has 0 bridgehead atoms. The normalized spacial score (nSPS) is 12.2. The summed E-state index contributed by atoms with van der Waals surface area (Å²) in [5, 5.41) is 0. The highest BCUT2D eigenvalue weighted by Crippen LogP contribution is 2.38. The average Bonchev–Trinajstić information content (AvgIpc) is 2.78. The number of halogens is 9. The summed E-state index contributed by atoms with van der Waals surface area (Å²) in [6.07, 6.45) is -15.1. The van der Waals surface area contributed by atoms with Crippen molar-refractivity contribution in [2.75, 3.05) is 11.5 Å². The van der Waals surface area contributed by atoms with Crippen LogP contribution in [-0.2, 0) is 18.5 Å². The molecule has 0 amide bonds. The number of ether oxygens (including phenoxy) is 2. The number of carbonyl (C=O) groups excluding carboxylic acids is 2. The first kappa shape index (κ1) is 28.1. The number of carbonyl (C=O) groups is 2. The van der Waals surface area contributed by atoms with E-state index in [1.807, 2.05) is 0 Å². The lowest BCUT2D eigenvalue weighted by Crippen LogP contribution is -2.18. The van der Waals surface area contributed by atoms with Gasteiger partial charge in [-0.05, 0) is 54.6 Å². The summed E-state index contributed by atoms with van der Waals surface area (Å²) in [7, 11) is 0. The SMILES string of the molecule is Nc1ccc(OC(=O)c2ccc(OC(=O)c3ccc(N)c(C(F)(F)F)c3)cc2C(F)(F)F)cc1C(F)(F)F. The number of hydrogen-bond donors (Lipinski definition) is 2. The topological polar surface area (TPSA) is 105 Å². The highest BCUT2D eigenvalue weighted by molar-refractivity contribution is 5.94. The number of alkyl halides is 9. The van der Waals surface area contributed by atoms with Crippen LogP contribution < -0.4 is 20.9 Å². The number of nitrogen functional groups attached to an aromatic ring is 2. The van der Waals surface area contributed by atoms with Gasteiger partial charge < -0.3 is 20.9 Å². The van der Waals surface area contributed by atoms with Crippen molar-refractivity contribution < 1.29 is 58.6 Å². The fourth-order valence-electron chi connectivity index (χ4n) is 3.10. The van der Waals surface area contributed by atoms with E-state index in [0.717, 1.165) is 24.3 Å². The molecule has 0 aliphatic carbocycles. The number of rotatable bonds is 4. The second-order valence-electron chi connectivity index (χ2n) is 7.53. The Morgan fingerprint density at radius 2 is 0.974 bits per heavy atom.